The predicted molar refractivity (Wildman–Crippen MR) is 105 cm³/mol. The average molecular weight is 401 g/mol. The van der Waals surface area contributed by atoms with Crippen molar-refractivity contribution >= 4 is 23.3 Å². The number of nitriles is 1. The second-order valence-corrected chi connectivity index (χ2v) is 7.86. The monoisotopic (exact) mass is 400 g/mol. The van der Waals surface area contributed by atoms with Gasteiger partial charge in [0, 0.05) is 10.6 Å². The van der Waals surface area contributed by atoms with Gasteiger partial charge in [0.05, 0.1) is 16.9 Å². The number of benzene rings is 1. The van der Waals surface area contributed by atoms with Crippen LogP contribution >= 0.6 is 11.6 Å². The van der Waals surface area contributed by atoms with Crippen LogP contribution in [0, 0.1) is 11.3 Å². The zero-order chi connectivity index (χ0) is 20.6. The van der Waals surface area contributed by atoms with Crippen LogP contribution in [-0.2, 0) is 0 Å². The normalized spacial score (nSPS) is 20.7. The highest BCUT2D eigenvalue weighted by atomic mass is 35.5. The Morgan fingerprint density at radius 2 is 2.14 bits per heavy atom. The van der Waals surface area contributed by atoms with E-state index in [1.807, 2.05) is 13.8 Å². The SMILES string of the molecule is C=C(Cl)/C=c1/c(O[C@@H]2c3cc(C#N)ccc3OC(C)(C)[C@H]2O)noc1=C(C)C. The third-order valence-corrected chi connectivity index (χ3v) is 4.62. The van der Waals surface area contributed by atoms with E-state index in [2.05, 4.69) is 17.8 Å². The fourth-order valence-corrected chi connectivity index (χ4v) is 3.18. The van der Waals surface area contributed by atoms with Crippen LogP contribution in [0.5, 0.6) is 11.6 Å². The molecule has 1 N–H and O–H groups in total. The largest absolute Gasteiger partial charge is 0.485 e. The lowest BCUT2D eigenvalue weighted by Crippen LogP contribution is -2.50. The molecule has 6 nitrogen and oxygen atoms in total. The molecule has 28 heavy (non-hydrogen) atoms. The molecule has 1 aromatic carbocycles. The molecule has 0 radical (unpaired) electrons. The van der Waals surface area contributed by atoms with E-state index in [1.54, 1.807) is 38.1 Å². The van der Waals surface area contributed by atoms with E-state index in [9.17, 15) is 10.4 Å². The van der Waals surface area contributed by atoms with Crippen LogP contribution < -0.4 is 20.1 Å². The lowest BCUT2D eigenvalue weighted by atomic mass is 9.87. The Bertz CT molecular complexity index is 1090. The van der Waals surface area contributed by atoms with E-state index in [0.717, 1.165) is 5.57 Å². The van der Waals surface area contributed by atoms with Crippen molar-refractivity contribution in [1.82, 2.24) is 5.16 Å². The molecule has 0 spiro atoms. The molecular formula is C21H21ClN2O4. The molecule has 2 aromatic rings. The zero-order valence-corrected chi connectivity index (χ0v) is 16.9. The average Bonchev–Trinajstić information content (AvgIpc) is 3.00. The number of ether oxygens (including phenoxy) is 2. The summed E-state index contributed by atoms with van der Waals surface area (Å²) in [5, 5.41) is 25.0. The van der Waals surface area contributed by atoms with Gasteiger partial charge in [-0.15, -0.1) is 0 Å². The molecule has 2 atom stereocenters. The molecule has 0 amide bonds. The molecule has 146 valence electrons. The maximum atomic E-state index is 10.9. The number of fused-ring (bicyclic) bond motifs is 1. The lowest BCUT2D eigenvalue weighted by Gasteiger charge is -2.41. The Morgan fingerprint density at radius 3 is 2.75 bits per heavy atom. The molecule has 1 aliphatic rings. The summed E-state index contributed by atoms with van der Waals surface area (Å²) in [4.78, 5) is 0. The highest BCUT2D eigenvalue weighted by molar-refractivity contribution is 6.33. The summed E-state index contributed by atoms with van der Waals surface area (Å²) in [5.74, 6) is 0.710. The summed E-state index contributed by atoms with van der Waals surface area (Å²) in [6, 6.07) is 7.08. The maximum absolute atomic E-state index is 10.9. The van der Waals surface area contributed by atoms with E-state index in [1.165, 1.54) is 0 Å². The molecule has 1 aromatic heterocycles. The molecule has 7 heteroatoms. The van der Waals surface area contributed by atoms with E-state index in [4.69, 9.17) is 25.6 Å². The Hall–Kier alpha value is -2.75. The van der Waals surface area contributed by atoms with E-state index in [-0.39, 0.29) is 10.9 Å². The van der Waals surface area contributed by atoms with Gasteiger partial charge in [-0.3, -0.25) is 0 Å². The van der Waals surface area contributed by atoms with Crippen molar-refractivity contribution in [3.63, 3.8) is 0 Å². The number of aliphatic hydroxyl groups is 1. The summed E-state index contributed by atoms with van der Waals surface area (Å²) < 4.78 is 17.4. The van der Waals surface area contributed by atoms with Crippen molar-refractivity contribution in [2.75, 3.05) is 0 Å². The maximum Gasteiger partial charge on any atom is 0.262 e. The van der Waals surface area contributed by atoms with Crippen LogP contribution in [0.3, 0.4) is 0 Å². The van der Waals surface area contributed by atoms with Gasteiger partial charge in [0.1, 0.15) is 17.5 Å². The minimum Gasteiger partial charge on any atom is -0.485 e. The van der Waals surface area contributed by atoms with Gasteiger partial charge in [0.2, 0.25) is 0 Å². The molecule has 0 saturated carbocycles. The van der Waals surface area contributed by atoms with Crippen LogP contribution in [0.15, 0.2) is 34.3 Å². The minimum absolute atomic E-state index is 0.174. The minimum atomic E-state index is -1.02. The third kappa shape index (κ3) is 3.64. The number of hydrogen-bond donors (Lipinski definition) is 1. The van der Waals surface area contributed by atoms with Gasteiger partial charge in [-0.1, -0.05) is 18.2 Å². The smallest absolute Gasteiger partial charge is 0.262 e. The van der Waals surface area contributed by atoms with E-state index in [0.29, 0.717) is 27.5 Å². The standard InChI is InChI=1S/C21H21ClN2O4/c1-11(2)17-15(8-12(3)22)20(24-28-17)26-18-14-9-13(10-23)6-7-16(14)27-21(4,5)19(18)25/h6-9,18-19,25H,3H2,1-2,4-5H3/b15-8+/t18-,19+/m1/s1. The fourth-order valence-electron chi connectivity index (χ4n) is 3.07. The second-order valence-electron chi connectivity index (χ2n) is 7.37. The molecule has 0 bridgehead atoms. The molecule has 2 heterocycles. The van der Waals surface area contributed by atoms with Gasteiger partial charge >= 0.3 is 0 Å². The summed E-state index contributed by atoms with van der Waals surface area (Å²) in [5.41, 5.74) is 1.48. The summed E-state index contributed by atoms with van der Waals surface area (Å²) >= 11 is 5.97. The van der Waals surface area contributed by atoms with Crippen molar-refractivity contribution in [3.8, 4) is 17.7 Å². The molecular weight excluding hydrogens is 380 g/mol. The first-order valence-corrected chi connectivity index (χ1v) is 9.09. The molecule has 1 aliphatic heterocycles. The lowest BCUT2D eigenvalue weighted by molar-refractivity contribution is -0.104. The van der Waals surface area contributed by atoms with E-state index >= 15 is 0 Å². The number of aliphatic hydroxyl groups excluding tert-OH is 1. The first-order valence-electron chi connectivity index (χ1n) is 8.71. The molecule has 0 unspecified atom stereocenters. The van der Waals surface area contributed by atoms with E-state index < -0.39 is 17.8 Å². The number of hydrogen-bond acceptors (Lipinski definition) is 6. The molecule has 0 fully saturated rings. The van der Waals surface area contributed by atoms with Crippen LogP contribution in [0.1, 0.15) is 44.9 Å². The Labute approximate surface area is 167 Å². The highest BCUT2D eigenvalue weighted by Crippen LogP contribution is 2.41. The quantitative estimate of drug-likeness (QED) is 0.852. The first kappa shape index (κ1) is 20.0. The van der Waals surface area contributed by atoms with Crippen molar-refractivity contribution in [1.29, 1.82) is 5.26 Å². The number of rotatable bonds is 3. The number of nitrogens with zero attached hydrogens (tertiary/aromatic N) is 2. The van der Waals surface area contributed by atoms with Crippen molar-refractivity contribution in [2.24, 2.45) is 0 Å². The van der Waals surface area contributed by atoms with Gasteiger partial charge < -0.3 is 19.1 Å². The summed E-state index contributed by atoms with van der Waals surface area (Å²) in [7, 11) is 0. The predicted octanol–water partition coefficient (Wildman–Crippen LogP) is 2.92. The summed E-state index contributed by atoms with van der Waals surface area (Å²) in [6.45, 7) is 11.0. The van der Waals surface area contributed by atoms with Crippen LogP contribution in [0.25, 0.3) is 11.6 Å². The molecule has 0 aliphatic carbocycles. The van der Waals surface area contributed by atoms with Crippen LogP contribution in [0.2, 0.25) is 0 Å². The summed E-state index contributed by atoms with van der Waals surface area (Å²) in [6.07, 6.45) is -0.245. The fraction of sp³-hybridized carbons (Fsp3) is 0.333. The topological polar surface area (TPSA) is 88.5 Å². The Morgan fingerprint density at radius 1 is 1.43 bits per heavy atom. The zero-order valence-electron chi connectivity index (χ0n) is 16.1. The Balaban J connectivity index is 2.17. The molecule has 0 saturated heterocycles. The van der Waals surface area contributed by atoms with Crippen LogP contribution in [0.4, 0.5) is 0 Å². The van der Waals surface area contributed by atoms with Crippen molar-refractivity contribution in [3.05, 3.63) is 51.6 Å². The van der Waals surface area contributed by atoms with Gasteiger partial charge in [-0.2, -0.15) is 5.26 Å². The van der Waals surface area contributed by atoms with Crippen LogP contribution in [-0.4, -0.2) is 22.0 Å². The molecule has 3 rings (SSSR count). The van der Waals surface area contributed by atoms with Crippen molar-refractivity contribution in [2.45, 2.75) is 45.5 Å². The van der Waals surface area contributed by atoms with Gasteiger partial charge in [-0.05, 0) is 62.7 Å². The highest BCUT2D eigenvalue weighted by Gasteiger charge is 2.45. The van der Waals surface area contributed by atoms with Gasteiger partial charge in [0.15, 0.2) is 11.5 Å². The number of allylic oxidation sites excluding steroid dienone is 1. The third-order valence-electron chi connectivity index (χ3n) is 4.51. The Kier molecular flexibility index (Phi) is 5.24. The van der Waals surface area contributed by atoms with Gasteiger partial charge in [-0.25, -0.2) is 0 Å². The van der Waals surface area contributed by atoms with Crippen molar-refractivity contribution < 1.29 is 19.1 Å². The number of halogens is 1. The van der Waals surface area contributed by atoms with Gasteiger partial charge in [0.25, 0.3) is 5.88 Å². The second kappa shape index (κ2) is 7.34. The first-order chi connectivity index (χ1) is 13.1. The number of aromatic nitrogens is 1.